The van der Waals surface area contributed by atoms with Gasteiger partial charge in [-0.1, -0.05) is 0 Å². The standard InChI is InChI=1S/C14H8N6O4.Na/c15-7-16-13-14(22)18-10-6-12(20(23)24)11(5-9(10)17-13)19-3-1-8(21)2-4-19;/h1-6H,(H2,16,17,18,22);/q;+1/p-1. The average molecular weight is 346 g/mol. The SMILES string of the molecule is N#CN=c1[n-]c2cc(-n3ccc(=O)cc3)c([N+](=O)[O-])cc2[nH]c1=O.[Na+]. The predicted molar refractivity (Wildman–Crippen MR) is 81.3 cm³/mol. The smallest absolute Gasteiger partial charge is 0.429 e. The fourth-order valence-corrected chi connectivity index (χ4v) is 2.15. The normalized spacial score (nSPS) is 10.9. The molecule has 0 saturated heterocycles. The summed E-state index contributed by atoms with van der Waals surface area (Å²) in [5.41, 5.74) is -1.11. The number of nitro groups is 1. The van der Waals surface area contributed by atoms with E-state index >= 15 is 0 Å². The first-order chi connectivity index (χ1) is 11.5. The molecular weight excluding hydrogens is 339 g/mol. The van der Waals surface area contributed by atoms with Crippen LogP contribution in [0.2, 0.25) is 0 Å². The molecule has 0 aliphatic rings. The van der Waals surface area contributed by atoms with E-state index in [0.29, 0.717) is 0 Å². The minimum absolute atomic E-state index is 0. The number of nitrogens with one attached hydrogen (secondary N) is 1. The molecule has 2 aromatic heterocycles. The quantitative estimate of drug-likeness (QED) is 0.225. The second-order valence-corrected chi connectivity index (χ2v) is 4.66. The molecule has 2 heterocycles. The number of aromatic amines is 1. The first kappa shape index (κ1) is 18.3. The van der Waals surface area contributed by atoms with E-state index in [0.717, 1.165) is 6.07 Å². The minimum Gasteiger partial charge on any atom is -0.429 e. The molecule has 1 N–H and O–H groups in total. The maximum atomic E-state index is 11.7. The van der Waals surface area contributed by atoms with Gasteiger partial charge in [0.15, 0.2) is 5.43 Å². The van der Waals surface area contributed by atoms with E-state index in [1.54, 1.807) is 0 Å². The molecule has 0 radical (unpaired) electrons. The monoisotopic (exact) mass is 346 g/mol. The number of nitriles is 1. The Labute approximate surface area is 160 Å². The molecule has 25 heavy (non-hydrogen) atoms. The van der Waals surface area contributed by atoms with Gasteiger partial charge < -0.3 is 19.5 Å². The Bertz CT molecular complexity index is 1180. The van der Waals surface area contributed by atoms with Gasteiger partial charge in [0.25, 0.3) is 5.69 Å². The van der Waals surface area contributed by atoms with E-state index < -0.39 is 10.5 Å². The Balaban J connectivity index is 0.00000225. The van der Waals surface area contributed by atoms with Gasteiger partial charge in [0.05, 0.1) is 16.6 Å². The van der Waals surface area contributed by atoms with Gasteiger partial charge in [-0.3, -0.25) is 19.7 Å². The van der Waals surface area contributed by atoms with E-state index in [4.69, 9.17) is 5.26 Å². The molecule has 118 valence electrons. The summed E-state index contributed by atoms with van der Waals surface area (Å²) >= 11 is 0. The van der Waals surface area contributed by atoms with Crippen LogP contribution in [0.5, 0.6) is 0 Å². The summed E-state index contributed by atoms with van der Waals surface area (Å²) in [5.74, 6) is 0. The molecule has 0 aliphatic carbocycles. The van der Waals surface area contributed by atoms with Crippen molar-refractivity contribution >= 4 is 16.7 Å². The number of hydrogen-bond donors (Lipinski definition) is 1. The molecule has 3 aromatic rings. The molecule has 0 fully saturated rings. The summed E-state index contributed by atoms with van der Waals surface area (Å²) in [6, 6.07) is 5.03. The van der Waals surface area contributed by atoms with Crippen LogP contribution in [0.15, 0.2) is 51.2 Å². The van der Waals surface area contributed by atoms with Crippen LogP contribution in [0.1, 0.15) is 0 Å². The van der Waals surface area contributed by atoms with Crippen LogP contribution in [0.25, 0.3) is 16.7 Å². The number of H-pyrrole nitrogens is 1. The molecule has 3 rings (SSSR count). The molecule has 1 aromatic carbocycles. The van der Waals surface area contributed by atoms with Crippen LogP contribution in [0.4, 0.5) is 5.69 Å². The summed E-state index contributed by atoms with van der Waals surface area (Å²) in [4.78, 5) is 43.3. The van der Waals surface area contributed by atoms with Crippen molar-refractivity contribution in [3.63, 3.8) is 0 Å². The number of aromatic nitrogens is 3. The summed E-state index contributed by atoms with van der Waals surface area (Å²) in [7, 11) is 0. The zero-order valence-electron chi connectivity index (χ0n) is 12.8. The van der Waals surface area contributed by atoms with Crippen molar-refractivity contribution in [3.8, 4) is 11.9 Å². The number of nitro benzene ring substituents is 1. The third kappa shape index (κ3) is 3.58. The maximum absolute atomic E-state index is 11.7. The van der Waals surface area contributed by atoms with Gasteiger partial charge in [-0.05, 0) is 11.6 Å². The molecule has 0 saturated carbocycles. The van der Waals surface area contributed by atoms with Crippen molar-refractivity contribution in [3.05, 3.63) is 72.8 Å². The summed E-state index contributed by atoms with van der Waals surface area (Å²) in [5, 5.41) is 19.9. The summed E-state index contributed by atoms with van der Waals surface area (Å²) < 4.78 is 1.38. The minimum atomic E-state index is -0.727. The van der Waals surface area contributed by atoms with Gasteiger partial charge in [0, 0.05) is 36.1 Å². The number of rotatable bonds is 2. The maximum Gasteiger partial charge on any atom is 1.00 e. The Morgan fingerprint density at radius 1 is 1.28 bits per heavy atom. The molecule has 0 aliphatic heterocycles. The van der Waals surface area contributed by atoms with Gasteiger partial charge in [-0.15, -0.1) is 0 Å². The van der Waals surface area contributed by atoms with E-state index in [2.05, 4.69) is 15.0 Å². The third-order valence-corrected chi connectivity index (χ3v) is 3.20. The predicted octanol–water partition coefficient (Wildman–Crippen LogP) is -3.07. The van der Waals surface area contributed by atoms with E-state index in [1.807, 2.05) is 0 Å². The van der Waals surface area contributed by atoms with Gasteiger partial charge in [0.2, 0.25) is 5.56 Å². The Kier molecular flexibility index (Phi) is 5.33. The van der Waals surface area contributed by atoms with Crippen LogP contribution < -0.4 is 51.0 Å². The molecule has 10 nitrogen and oxygen atoms in total. The first-order valence-corrected chi connectivity index (χ1v) is 6.50. The topological polar surface area (TPSA) is 148 Å². The van der Waals surface area contributed by atoms with Crippen molar-refractivity contribution in [1.82, 2.24) is 14.5 Å². The number of pyridine rings is 1. The molecule has 0 unspecified atom stereocenters. The average Bonchev–Trinajstić information content (AvgIpc) is 2.55. The van der Waals surface area contributed by atoms with Crippen molar-refractivity contribution < 1.29 is 34.5 Å². The number of fused-ring (bicyclic) bond motifs is 1. The van der Waals surface area contributed by atoms with Crippen molar-refractivity contribution in [1.29, 1.82) is 5.26 Å². The van der Waals surface area contributed by atoms with Crippen molar-refractivity contribution in [2.45, 2.75) is 0 Å². The van der Waals surface area contributed by atoms with E-state index in [9.17, 15) is 19.7 Å². The van der Waals surface area contributed by atoms with Crippen LogP contribution >= 0.6 is 0 Å². The number of benzene rings is 1. The zero-order chi connectivity index (χ0) is 17.3. The molecule has 0 bridgehead atoms. The van der Waals surface area contributed by atoms with Crippen LogP contribution in [-0.2, 0) is 0 Å². The zero-order valence-corrected chi connectivity index (χ0v) is 14.8. The Hall–Kier alpha value is -3.00. The fourth-order valence-electron chi connectivity index (χ4n) is 2.15. The summed E-state index contributed by atoms with van der Waals surface area (Å²) in [6.45, 7) is 0. The fraction of sp³-hybridized carbons (Fsp3) is 0. The largest absolute Gasteiger partial charge is 1.00 e. The van der Waals surface area contributed by atoms with Gasteiger partial charge >= 0.3 is 29.6 Å². The Morgan fingerprint density at radius 3 is 2.56 bits per heavy atom. The summed E-state index contributed by atoms with van der Waals surface area (Å²) in [6.07, 6.45) is 4.22. The molecule has 11 heteroatoms. The first-order valence-electron chi connectivity index (χ1n) is 6.50. The third-order valence-electron chi connectivity index (χ3n) is 3.20. The van der Waals surface area contributed by atoms with E-state index in [1.165, 1.54) is 41.4 Å². The number of nitrogens with zero attached hydrogens (tertiary/aromatic N) is 5. The van der Waals surface area contributed by atoms with Gasteiger partial charge in [-0.25, -0.2) is 0 Å². The molecular formula is C14H7N6NaO4. The Morgan fingerprint density at radius 2 is 1.96 bits per heavy atom. The van der Waals surface area contributed by atoms with Crippen molar-refractivity contribution in [2.24, 2.45) is 4.99 Å². The molecule has 0 spiro atoms. The number of hydrogen-bond acceptors (Lipinski definition) is 6. The molecule has 0 atom stereocenters. The molecule has 0 amide bonds. The second kappa shape index (κ2) is 7.27. The van der Waals surface area contributed by atoms with E-state index in [-0.39, 0.29) is 62.9 Å². The van der Waals surface area contributed by atoms with Crippen LogP contribution in [-0.4, -0.2) is 14.5 Å². The van der Waals surface area contributed by atoms with Crippen LogP contribution in [0, 0.1) is 21.6 Å². The second-order valence-electron chi connectivity index (χ2n) is 4.66. The van der Waals surface area contributed by atoms with Crippen LogP contribution in [0.3, 0.4) is 0 Å². The van der Waals surface area contributed by atoms with Gasteiger partial charge in [-0.2, -0.15) is 5.26 Å². The van der Waals surface area contributed by atoms with Gasteiger partial charge in [0.1, 0.15) is 5.69 Å². The van der Waals surface area contributed by atoms with Crippen molar-refractivity contribution in [2.75, 3.05) is 0 Å².